The van der Waals surface area contributed by atoms with Crippen LogP contribution in [0.4, 0.5) is 10.8 Å². The third kappa shape index (κ3) is 4.15. The van der Waals surface area contributed by atoms with Gasteiger partial charge in [0.1, 0.15) is 5.75 Å². The molecule has 7 nitrogen and oxygen atoms in total. The van der Waals surface area contributed by atoms with Gasteiger partial charge in [-0.2, -0.15) is 0 Å². The minimum atomic E-state index is -0.00170. The van der Waals surface area contributed by atoms with Crippen LogP contribution in [0.3, 0.4) is 0 Å². The van der Waals surface area contributed by atoms with Gasteiger partial charge in [0.2, 0.25) is 11.9 Å². The number of aromatic nitrogens is 2. The van der Waals surface area contributed by atoms with E-state index in [-0.39, 0.29) is 18.3 Å². The quantitative estimate of drug-likeness (QED) is 0.470. The number of rotatable bonds is 7. The predicted octanol–water partition coefficient (Wildman–Crippen LogP) is 3.99. The Morgan fingerprint density at radius 1 is 1.19 bits per heavy atom. The zero-order valence-corrected chi connectivity index (χ0v) is 15.9. The second kappa shape index (κ2) is 7.85. The van der Waals surface area contributed by atoms with Crippen molar-refractivity contribution in [3.8, 4) is 17.2 Å². The van der Waals surface area contributed by atoms with Crippen molar-refractivity contribution in [1.29, 1.82) is 0 Å². The molecular weight excluding hydrogens is 386 g/mol. The molecule has 0 saturated carbocycles. The molecule has 1 aliphatic heterocycles. The number of ketones is 1. The number of anilines is 2. The van der Waals surface area contributed by atoms with Crippen LogP contribution < -0.4 is 19.5 Å². The van der Waals surface area contributed by atoms with Crippen LogP contribution >= 0.6 is 23.1 Å². The van der Waals surface area contributed by atoms with Gasteiger partial charge in [-0.25, -0.2) is 0 Å². The molecule has 2 aromatic carbocycles. The van der Waals surface area contributed by atoms with Crippen LogP contribution in [0.2, 0.25) is 0 Å². The first kappa shape index (κ1) is 17.6. The number of nitrogens with zero attached hydrogens (tertiary/aromatic N) is 2. The number of ether oxygens (including phenoxy) is 3. The molecule has 2 heterocycles. The topological polar surface area (TPSA) is 82.6 Å². The van der Waals surface area contributed by atoms with Crippen LogP contribution in [0.25, 0.3) is 0 Å². The Kier molecular flexibility index (Phi) is 5.12. The molecule has 0 saturated heterocycles. The summed E-state index contributed by atoms with van der Waals surface area (Å²) in [5.41, 5.74) is 1.48. The number of thioether (sulfide) groups is 1. The minimum Gasteiger partial charge on any atom is -0.497 e. The molecule has 0 atom stereocenters. The van der Waals surface area contributed by atoms with Gasteiger partial charge in [0.15, 0.2) is 21.6 Å². The van der Waals surface area contributed by atoms with Crippen LogP contribution in [0.15, 0.2) is 46.8 Å². The summed E-state index contributed by atoms with van der Waals surface area (Å²) in [6, 6.07) is 12.7. The van der Waals surface area contributed by atoms with E-state index in [1.807, 2.05) is 24.3 Å². The first-order valence-electron chi connectivity index (χ1n) is 8.01. The van der Waals surface area contributed by atoms with Crippen molar-refractivity contribution in [2.24, 2.45) is 0 Å². The maximum atomic E-state index is 12.4. The Morgan fingerprint density at radius 3 is 2.81 bits per heavy atom. The fraction of sp³-hybridized carbons (Fsp3) is 0.167. The lowest BCUT2D eigenvalue weighted by Gasteiger charge is -2.03. The van der Waals surface area contributed by atoms with Gasteiger partial charge in [0.25, 0.3) is 0 Å². The van der Waals surface area contributed by atoms with Crippen molar-refractivity contribution in [2.75, 3.05) is 25.0 Å². The van der Waals surface area contributed by atoms with Crippen LogP contribution in [0.1, 0.15) is 10.4 Å². The van der Waals surface area contributed by atoms with Crippen molar-refractivity contribution in [3.63, 3.8) is 0 Å². The minimum absolute atomic E-state index is 0.00170. The van der Waals surface area contributed by atoms with E-state index in [9.17, 15) is 4.79 Å². The average molecular weight is 401 g/mol. The fourth-order valence-electron chi connectivity index (χ4n) is 2.40. The molecule has 1 aromatic heterocycles. The summed E-state index contributed by atoms with van der Waals surface area (Å²) in [5.74, 6) is 2.33. The molecular formula is C18H15N3O4S2. The maximum Gasteiger partial charge on any atom is 0.231 e. The standard InChI is InChI=1S/C18H15N3O4S2/c1-23-13-5-3-12(4-6-13)19-17-20-21-18(27-17)26-9-14(22)11-2-7-15-16(8-11)25-10-24-15/h2-8H,9-10H2,1H3,(H,19,20). The van der Waals surface area contributed by atoms with E-state index in [1.165, 1.54) is 23.1 Å². The lowest BCUT2D eigenvalue weighted by molar-refractivity contribution is 0.102. The summed E-state index contributed by atoms with van der Waals surface area (Å²) >= 11 is 2.75. The second-order valence-corrected chi connectivity index (χ2v) is 7.71. The van der Waals surface area contributed by atoms with Crippen LogP contribution in [-0.2, 0) is 0 Å². The first-order valence-corrected chi connectivity index (χ1v) is 9.82. The van der Waals surface area contributed by atoms with Gasteiger partial charge >= 0.3 is 0 Å². The van der Waals surface area contributed by atoms with E-state index in [0.717, 1.165) is 15.8 Å². The number of nitrogens with one attached hydrogen (secondary N) is 1. The Balaban J connectivity index is 1.34. The van der Waals surface area contributed by atoms with Gasteiger partial charge in [-0.05, 0) is 42.5 Å². The van der Waals surface area contributed by atoms with Crippen molar-refractivity contribution >= 4 is 39.7 Å². The van der Waals surface area contributed by atoms with Gasteiger partial charge < -0.3 is 19.5 Å². The van der Waals surface area contributed by atoms with Crippen molar-refractivity contribution in [3.05, 3.63) is 48.0 Å². The number of fused-ring (bicyclic) bond motifs is 1. The highest BCUT2D eigenvalue weighted by Gasteiger charge is 2.17. The normalized spacial score (nSPS) is 12.0. The Morgan fingerprint density at radius 2 is 2.00 bits per heavy atom. The molecule has 1 N–H and O–H groups in total. The van der Waals surface area contributed by atoms with Crippen LogP contribution in [0.5, 0.6) is 17.2 Å². The van der Waals surface area contributed by atoms with Gasteiger partial charge in [0.05, 0.1) is 12.9 Å². The summed E-state index contributed by atoms with van der Waals surface area (Å²) in [6.07, 6.45) is 0. The average Bonchev–Trinajstić information content (AvgIpc) is 3.35. The fourth-order valence-corrected chi connectivity index (χ4v) is 4.06. The summed E-state index contributed by atoms with van der Waals surface area (Å²) in [6.45, 7) is 0.191. The van der Waals surface area contributed by atoms with E-state index >= 15 is 0 Å². The summed E-state index contributed by atoms with van der Waals surface area (Å²) < 4.78 is 16.4. The molecule has 0 aliphatic carbocycles. The highest BCUT2D eigenvalue weighted by molar-refractivity contribution is 8.01. The maximum absolute atomic E-state index is 12.4. The summed E-state index contributed by atoms with van der Waals surface area (Å²) in [4.78, 5) is 12.4. The van der Waals surface area contributed by atoms with E-state index in [4.69, 9.17) is 14.2 Å². The van der Waals surface area contributed by atoms with Crippen molar-refractivity contribution in [2.45, 2.75) is 4.34 Å². The lowest BCUT2D eigenvalue weighted by Crippen LogP contribution is -2.02. The smallest absolute Gasteiger partial charge is 0.231 e. The van der Waals surface area contributed by atoms with Crippen molar-refractivity contribution in [1.82, 2.24) is 10.2 Å². The number of carbonyl (C=O) groups is 1. The Labute approximate surface area is 163 Å². The van der Waals surface area contributed by atoms with E-state index in [2.05, 4.69) is 15.5 Å². The molecule has 3 aromatic rings. The van der Waals surface area contributed by atoms with Crippen molar-refractivity contribution < 1.29 is 19.0 Å². The van der Waals surface area contributed by atoms with Gasteiger partial charge in [-0.3, -0.25) is 4.79 Å². The number of benzene rings is 2. The number of hydrogen-bond acceptors (Lipinski definition) is 9. The third-order valence-corrected chi connectivity index (χ3v) is 5.74. The Bertz CT molecular complexity index is 959. The van der Waals surface area contributed by atoms with E-state index in [0.29, 0.717) is 22.2 Å². The second-order valence-electron chi connectivity index (χ2n) is 5.51. The highest BCUT2D eigenvalue weighted by Crippen LogP contribution is 2.33. The predicted molar refractivity (Wildman–Crippen MR) is 104 cm³/mol. The number of methoxy groups -OCH3 is 1. The van der Waals surface area contributed by atoms with Gasteiger partial charge in [-0.1, -0.05) is 23.1 Å². The zero-order valence-electron chi connectivity index (χ0n) is 14.3. The monoisotopic (exact) mass is 401 g/mol. The van der Waals surface area contributed by atoms with E-state index < -0.39 is 0 Å². The molecule has 0 bridgehead atoms. The molecule has 0 spiro atoms. The highest BCUT2D eigenvalue weighted by atomic mass is 32.2. The molecule has 0 fully saturated rings. The van der Waals surface area contributed by atoms with Gasteiger partial charge in [-0.15, -0.1) is 10.2 Å². The molecule has 0 radical (unpaired) electrons. The number of Topliss-reactive ketones (excluding diaryl/α,β-unsaturated/α-hetero) is 1. The SMILES string of the molecule is COc1ccc(Nc2nnc(SCC(=O)c3ccc4c(c3)OCO4)s2)cc1. The largest absolute Gasteiger partial charge is 0.497 e. The zero-order chi connectivity index (χ0) is 18.6. The Hall–Kier alpha value is -2.78. The number of hydrogen-bond donors (Lipinski definition) is 1. The molecule has 4 rings (SSSR count). The van der Waals surface area contributed by atoms with Crippen LogP contribution in [0, 0.1) is 0 Å². The molecule has 27 heavy (non-hydrogen) atoms. The van der Waals surface area contributed by atoms with Crippen LogP contribution in [-0.4, -0.2) is 35.6 Å². The number of carbonyl (C=O) groups excluding carboxylic acids is 1. The van der Waals surface area contributed by atoms with E-state index in [1.54, 1.807) is 25.3 Å². The molecule has 1 aliphatic rings. The summed E-state index contributed by atoms with van der Waals surface area (Å²) in [7, 11) is 1.63. The first-order chi connectivity index (χ1) is 13.2. The molecule has 9 heteroatoms. The summed E-state index contributed by atoms with van der Waals surface area (Å²) in [5, 5.41) is 12.1. The lowest BCUT2D eigenvalue weighted by atomic mass is 10.1. The molecule has 0 amide bonds. The third-order valence-electron chi connectivity index (χ3n) is 3.77. The molecule has 0 unspecified atom stereocenters. The van der Waals surface area contributed by atoms with Gasteiger partial charge in [0, 0.05) is 11.3 Å². The molecule has 138 valence electrons.